The van der Waals surface area contributed by atoms with Crippen molar-refractivity contribution in [3.05, 3.63) is 76.7 Å². The number of ether oxygens (including phenoxy) is 1. The Balaban J connectivity index is 1.61. The Bertz CT molecular complexity index is 1750. The van der Waals surface area contributed by atoms with E-state index in [2.05, 4.69) is 46.3 Å². The molecule has 0 spiro atoms. The Hall–Kier alpha value is -3.50. The minimum Gasteiger partial charge on any atom is -0.442 e. The van der Waals surface area contributed by atoms with Crippen LogP contribution < -0.4 is 9.20 Å². The summed E-state index contributed by atoms with van der Waals surface area (Å²) in [5.74, 6) is 1.83. The third-order valence-corrected chi connectivity index (χ3v) is 8.58. The first-order valence-corrected chi connectivity index (χ1v) is 12.0. The lowest BCUT2D eigenvalue weighted by Gasteiger charge is -2.11. The van der Waals surface area contributed by atoms with E-state index >= 15 is 0 Å². The van der Waals surface area contributed by atoms with Gasteiger partial charge < -0.3 is 9.64 Å². The lowest BCUT2D eigenvalue weighted by atomic mass is 10.2. The Morgan fingerprint density at radius 2 is 1.53 bits per heavy atom. The quantitative estimate of drug-likeness (QED) is 0.385. The summed E-state index contributed by atoms with van der Waals surface area (Å²) in [5, 5.41) is 28.1. The van der Waals surface area contributed by atoms with Gasteiger partial charge in [0.2, 0.25) is 5.88 Å². The molecule has 0 saturated carbocycles. The second-order valence-corrected chi connectivity index (χ2v) is 10.3. The molecule has 1 aromatic carbocycles. The molecule has 4 heterocycles. The van der Waals surface area contributed by atoms with Gasteiger partial charge in [-0.05, 0) is 31.2 Å². The van der Waals surface area contributed by atoms with E-state index < -0.39 is 0 Å². The molecule has 0 amide bonds. The number of hydrogen-bond donors (Lipinski definition) is 0. The topological polar surface area (TPSA) is 85.8 Å². The molecule has 4 aromatic rings. The Labute approximate surface area is 194 Å². The fourth-order valence-electron chi connectivity index (χ4n) is 3.31. The molecule has 5 rings (SSSR count). The van der Waals surface area contributed by atoms with E-state index in [1.165, 1.54) is 25.3 Å². The van der Waals surface area contributed by atoms with Crippen molar-refractivity contribution in [2.75, 3.05) is 7.05 Å². The highest BCUT2D eigenvalue weighted by Crippen LogP contribution is 2.30. The summed E-state index contributed by atoms with van der Waals surface area (Å²) in [6.45, 7) is 4.05. The molecule has 3 aromatic heterocycles. The van der Waals surface area contributed by atoms with Gasteiger partial charge >= 0.3 is 0 Å². The molecule has 32 heavy (non-hydrogen) atoms. The number of nitriles is 2. The van der Waals surface area contributed by atoms with E-state index in [0.717, 1.165) is 32.3 Å². The second kappa shape index (κ2) is 7.88. The predicted octanol–water partition coefficient (Wildman–Crippen LogP) is 3.87. The fourth-order valence-corrected chi connectivity index (χ4v) is 6.53. The van der Waals surface area contributed by atoms with Crippen molar-refractivity contribution >= 4 is 54.9 Å². The number of hydrogen-bond acceptors (Lipinski definition) is 9. The van der Waals surface area contributed by atoms with Gasteiger partial charge in [-0.2, -0.15) is 10.5 Å². The fraction of sp³-hybridized carbons (Fsp3) is 0.130. The monoisotopic (exact) mass is 473 g/mol. The summed E-state index contributed by atoms with van der Waals surface area (Å²) in [5.41, 5.74) is 1.12. The number of nitrogens with zero attached hydrogens (tertiary/aromatic N) is 5. The summed E-state index contributed by atoms with van der Waals surface area (Å²) in [7, 11) is 2.03. The highest BCUT2D eigenvalue weighted by molar-refractivity contribution is 7.26. The first-order valence-electron chi connectivity index (χ1n) is 9.60. The highest BCUT2D eigenvalue weighted by atomic mass is 32.1. The minimum absolute atomic E-state index is 0.0168. The molecule has 156 valence electrons. The van der Waals surface area contributed by atoms with Gasteiger partial charge in [0.25, 0.3) is 0 Å². The number of aromatic nitrogens is 2. The molecular weight excluding hydrogens is 458 g/mol. The number of fused-ring (bicyclic) bond motifs is 1. The van der Waals surface area contributed by atoms with Gasteiger partial charge in [-0.15, -0.1) is 32.9 Å². The summed E-state index contributed by atoms with van der Waals surface area (Å²) < 4.78 is 11.8. The molecule has 0 bridgehead atoms. The van der Waals surface area contributed by atoms with Crippen LogP contribution in [0.25, 0.3) is 20.9 Å². The van der Waals surface area contributed by atoms with Crippen LogP contribution in [0.2, 0.25) is 0 Å². The molecular formula is C23H15N5OS3. The van der Waals surface area contributed by atoms with E-state index in [-0.39, 0.29) is 5.57 Å². The zero-order chi connectivity index (χ0) is 22.4. The van der Waals surface area contributed by atoms with Crippen LogP contribution in [0, 0.1) is 42.3 Å². The molecule has 9 heteroatoms. The van der Waals surface area contributed by atoms with Crippen LogP contribution in [0.1, 0.15) is 13.8 Å². The molecule has 1 aliphatic rings. The predicted molar refractivity (Wildman–Crippen MR) is 126 cm³/mol. The average Bonchev–Trinajstić information content (AvgIpc) is 3.56. The standard InChI is InChI=1S/C23H15N5OS3/c1-12-13(2)29-23(28(12)3)20-9-19-18(31-20)8-17(30-19)14-4-6-15(7-5-14)21-26-27-22(32-21)16(10-24)11-25/h4-9H,1-3H3/b17-14?,21-15?,23-20+. The van der Waals surface area contributed by atoms with Crippen molar-refractivity contribution in [3.8, 4) is 12.1 Å². The van der Waals surface area contributed by atoms with Crippen molar-refractivity contribution in [3.63, 3.8) is 0 Å². The number of rotatable bonds is 0. The third-order valence-electron chi connectivity index (χ3n) is 5.26. The summed E-state index contributed by atoms with van der Waals surface area (Å²) in [6.07, 6.45) is 0. The molecule has 0 atom stereocenters. The number of allylic oxidation sites excluding steroid dienone is 2. The number of thiophene rings is 2. The minimum atomic E-state index is -0.0168. The number of benzene rings is 1. The maximum atomic E-state index is 9.00. The SMILES string of the molecule is CC1=C(C)N(C)/C(=c2/cc3sc(=c4ccc(=c5nnc(=C(C#N)C#N)s5)cc4)cc3s2)O1. The van der Waals surface area contributed by atoms with Crippen LogP contribution in [0.3, 0.4) is 0 Å². The highest BCUT2D eigenvalue weighted by Gasteiger charge is 2.21. The summed E-state index contributed by atoms with van der Waals surface area (Å²) in [4.78, 5) is 2.09. The third kappa shape index (κ3) is 3.37. The molecule has 0 aliphatic carbocycles. The lowest BCUT2D eigenvalue weighted by molar-refractivity contribution is 0.355. The van der Waals surface area contributed by atoms with Gasteiger partial charge in [-0.25, -0.2) is 0 Å². The maximum absolute atomic E-state index is 9.00. The van der Waals surface area contributed by atoms with Crippen molar-refractivity contribution in [1.29, 1.82) is 10.5 Å². The van der Waals surface area contributed by atoms with Gasteiger partial charge in [0, 0.05) is 26.2 Å². The van der Waals surface area contributed by atoms with Crippen molar-refractivity contribution < 1.29 is 4.74 Å². The average molecular weight is 474 g/mol. The molecule has 0 unspecified atom stereocenters. The zero-order valence-electron chi connectivity index (χ0n) is 17.3. The van der Waals surface area contributed by atoms with Gasteiger partial charge in [0.1, 0.15) is 22.6 Å². The van der Waals surface area contributed by atoms with Crippen molar-refractivity contribution in [2.24, 2.45) is 0 Å². The van der Waals surface area contributed by atoms with E-state index in [1.54, 1.807) is 22.7 Å². The Kier molecular flexibility index (Phi) is 5.03. The van der Waals surface area contributed by atoms with Crippen molar-refractivity contribution in [2.45, 2.75) is 13.8 Å². The van der Waals surface area contributed by atoms with Crippen LogP contribution in [0.4, 0.5) is 0 Å². The van der Waals surface area contributed by atoms with Crippen LogP contribution >= 0.6 is 34.0 Å². The largest absolute Gasteiger partial charge is 0.442 e. The molecule has 0 fully saturated rings. The van der Waals surface area contributed by atoms with Crippen LogP contribution in [0.5, 0.6) is 0 Å². The zero-order valence-corrected chi connectivity index (χ0v) is 19.8. The Morgan fingerprint density at radius 1 is 0.906 bits per heavy atom. The summed E-state index contributed by atoms with van der Waals surface area (Å²) in [6, 6.07) is 16.2. The van der Waals surface area contributed by atoms with Crippen LogP contribution in [-0.4, -0.2) is 22.1 Å². The maximum Gasteiger partial charge on any atom is 0.217 e. The first-order chi connectivity index (χ1) is 15.5. The molecule has 1 aliphatic heterocycles. The van der Waals surface area contributed by atoms with Crippen LogP contribution in [0.15, 0.2) is 47.9 Å². The molecule has 0 N–H and O–H groups in total. The lowest BCUT2D eigenvalue weighted by Crippen LogP contribution is -2.15. The van der Waals surface area contributed by atoms with Crippen LogP contribution in [-0.2, 0) is 4.74 Å². The summed E-state index contributed by atoms with van der Waals surface area (Å²) >= 11 is 4.74. The van der Waals surface area contributed by atoms with Gasteiger partial charge in [-0.1, -0.05) is 35.6 Å². The van der Waals surface area contributed by atoms with Gasteiger partial charge in [0.15, 0.2) is 10.2 Å². The molecule has 6 nitrogen and oxygen atoms in total. The first kappa shape index (κ1) is 20.4. The molecule has 0 radical (unpaired) electrons. The van der Waals surface area contributed by atoms with E-state index in [0.29, 0.717) is 9.33 Å². The van der Waals surface area contributed by atoms with E-state index in [1.807, 2.05) is 38.2 Å². The molecule has 0 saturated heterocycles. The van der Waals surface area contributed by atoms with Gasteiger partial charge in [-0.3, -0.25) is 0 Å². The van der Waals surface area contributed by atoms with Gasteiger partial charge in [0.05, 0.1) is 10.2 Å². The van der Waals surface area contributed by atoms with E-state index in [4.69, 9.17) is 15.3 Å². The van der Waals surface area contributed by atoms with Crippen molar-refractivity contribution in [1.82, 2.24) is 15.1 Å². The smallest absolute Gasteiger partial charge is 0.217 e. The normalized spacial score (nSPS) is 15.1. The Morgan fingerprint density at radius 3 is 2.16 bits per heavy atom. The van der Waals surface area contributed by atoms with E-state index in [9.17, 15) is 0 Å². The second-order valence-electron chi connectivity index (χ2n) is 7.15.